The highest BCUT2D eigenvalue weighted by Crippen LogP contribution is 2.40. The van der Waals surface area contributed by atoms with Crippen molar-refractivity contribution in [1.82, 2.24) is 0 Å². The number of amides is 1. The molecule has 150 valence electrons. The molecule has 0 saturated heterocycles. The summed E-state index contributed by atoms with van der Waals surface area (Å²) in [6, 6.07) is 7.35. The number of nitrogens with one attached hydrogen (secondary N) is 1. The monoisotopic (exact) mass is 412 g/mol. The maximum Gasteiger partial charge on any atom is 0.341 e. The number of nitrogens with zero attached hydrogens (tertiary/aromatic N) is 1. The van der Waals surface area contributed by atoms with Crippen LogP contribution in [0.1, 0.15) is 46.6 Å². The summed E-state index contributed by atoms with van der Waals surface area (Å²) in [5.41, 5.74) is 1.73. The number of ether oxygens (including phenoxy) is 1. The number of hydrogen-bond acceptors (Lipinski definition) is 5. The van der Waals surface area contributed by atoms with E-state index in [0.29, 0.717) is 22.0 Å². The van der Waals surface area contributed by atoms with E-state index in [1.165, 1.54) is 41.7 Å². The lowest BCUT2D eigenvalue weighted by atomic mass is 9.88. The maximum atomic E-state index is 13.1. The average molecular weight is 412 g/mol. The number of anilines is 1. The zero-order valence-electron chi connectivity index (χ0n) is 16.3. The van der Waals surface area contributed by atoms with Crippen molar-refractivity contribution in [3.63, 3.8) is 0 Å². The Morgan fingerprint density at radius 2 is 2.10 bits per heavy atom. The minimum absolute atomic E-state index is 0.133. The van der Waals surface area contributed by atoms with Gasteiger partial charge in [0.15, 0.2) is 0 Å². The predicted molar refractivity (Wildman–Crippen MR) is 110 cm³/mol. The lowest BCUT2D eigenvalue weighted by Crippen LogP contribution is -2.17. The fourth-order valence-electron chi connectivity index (χ4n) is 3.30. The molecule has 1 aromatic heterocycles. The second-order valence-corrected chi connectivity index (χ2v) is 8.06. The lowest BCUT2D eigenvalue weighted by Gasteiger charge is -2.18. The van der Waals surface area contributed by atoms with Crippen molar-refractivity contribution in [3.8, 4) is 6.07 Å². The van der Waals surface area contributed by atoms with Crippen molar-refractivity contribution in [2.75, 3.05) is 11.9 Å². The van der Waals surface area contributed by atoms with Crippen molar-refractivity contribution in [2.45, 2.75) is 33.1 Å². The number of benzene rings is 1. The zero-order chi connectivity index (χ0) is 21.0. The van der Waals surface area contributed by atoms with Gasteiger partial charge in [0.25, 0.3) is 5.91 Å². The van der Waals surface area contributed by atoms with Gasteiger partial charge >= 0.3 is 5.97 Å². The van der Waals surface area contributed by atoms with Gasteiger partial charge in [-0.25, -0.2) is 9.18 Å². The summed E-state index contributed by atoms with van der Waals surface area (Å²) in [6.07, 6.45) is 3.96. The highest BCUT2D eigenvalue weighted by molar-refractivity contribution is 7.17. The van der Waals surface area contributed by atoms with E-state index in [0.717, 1.165) is 29.7 Å². The largest absolute Gasteiger partial charge is 0.462 e. The smallest absolute Gasteiger partial charge is 0.341 e. The number of esters is 1. The Labute approximate surface area is 172 Å². The predicted octanol–water partition coefficient (Wildman–Crippen LogP) is 4.73. The van der Waals surface area contributed by atoms with Crippen LogP contribution >= 0.6 is 11.3 Å². The van der Waals surface area contributed by atoms with Gasteiger partial charge in [0, 0.05) is 4.88 Å². The van der Waals surface area contributed by atoms with Crippen molar-refractivity contribution < 1.29 is 18.7 Å². The van der Waals surface area contributed by atoms with Gasteiger partial charge in [0.05, 0.1) is 12.2 Å². The van der Waals surface area contributed by atoms with Crippen molar-refractivity contribution in [2.24, 2.45) is 5.92 Å². The van der Waals surface area contributed by atoms with E-state index in [1.807, 2.05) is 6.07 Å². The van der Waals surface area contributed by atoms with Crippen LogP contribution in [0.4, 0.5) is 9.39 Å². The molecule has 1 aliphatic rings. The first kappa shape index (κ1) is 20.7. The van der Waals surface area contributed by atoms with Crippen LogP contribution in [-0.4, -0.2) is 18.5 Å². The van der Waals surface area contributed by atoms with Crippen LogP contribution in [-0.2, 0) is 22.4 Å². The summed E-state index contributed by atoms with van der Waals surface area (Å²) in [6.45, 7) is 4.13. The highest BCUT2D eigenvalue weighted by atomic mass is 32.1. The molecule has 1 N–H and O–H groups in total. The fourth-order valence-corrected chi connectivity index (χ4v) is 4.70. The average Bonchev–Trinajstić information content (AvgIpc) is 3.04. The normalized spacial score (nSPS) is 15.9. The van der Waals surface area contributed by atoms with Gasteiger partial charge in [0.1, 0.15) is 22.5 Å². The van der Waals surface area contributed by atoms with Gasteiger partial charge < -0.3 is 10.1 Å². The van der Waals surface area contributed by atoms with Crippen LogP contribution in [0.15, 0.2) is 29.8 Å². The van der Waals surface area contributed by atoms with E-state index in [1.54, 1.807) is 6.92 Å². The Hall–Kier alpha value is -2.98. The standard InChI is InChI=1S/C22H21FN2O3S/c1-3-28-22(27)19-17-9-4-13(2)10-18(17)29-21(19)25-20(26)15(12-24)11-14-5-7-16(23)8-6-14/h5-8,11,13H,3-4,9-10H2,1-2H3,(H,25,26)/b15-11+. The second-order valence-electron chi connectivity index (χ2n) is 6.95. The third-order valence-electron chi connectivity index (χ3n) is 4.76. The molecule has 29 heavy (non-hydrogen) atoms. The number of carbonyl (C=O) groups excluding carboxylic acids is 2. The van der Waals surface area contributed by atoms with E-state index >= 15 is 0 Å². The van der Waals surface area contributed by atoms with Crippen molar-refractivity contribution in [3.05, 3.63) is 57.2 Å². The molecule has 2 aromatic rings. The molecule has 1 aromatic carbocycles. The molecule has 0 saturated carbocycles. The van der Waals surface area contributed by atoms with Crippen molar-refractivity contribution >= 4 is 34.3 Å². The number of carbonyl (C=O) groups is 2. The van der Waals surface area contributed by atoms with Crippen molar-refractivity contribution in [1.29, 1.82) is 5.26 Å². The lowest BCUT2D eigenvalue weighted by molar-refractivity contribution is -0.112. The van der Waals surface area contributed by atoms with E-state index in [2.05, 4.69) is 12.2 Å². The van der Waals surface area contributed by atoms with Gasteiger partial charge in [-0.1, -0.05) is 19.1 Å². The SMILES string of the molecule is CCOC(=O)c1c(NC(=O)/C(C#N)=C/c2ccc(F)cc2)sc2c1CCC(C)C2. The van der Waals surface area contributed by atoms with E-state index in [4.69, 9.17) is 4.74 Å². The van der Waals surface area contributed by atoms with Crippen LogP contribution in [0.25, 0.3) is 6.08 Å². The first-order chi connectivity index (χ1) is 13.9. The first-order valence-electron chi connectivity index (χ1n) is 9.43. The molecule has 1 atom stereocenters. The molecular weight excluding hydrogens is 391 g/mol. The first-order valence-corrected chi connectivity index (χ1v) is 10.2. The molecular formula is C22H21FN2O3S. The van der Waals surface area contributed by atoms with E-state index in [9.17, 15) is 19.2 Å². The Balaban J connectivity index is 1.91. The van der Waals surface area contributed by atoms with E-state index in [-0.39, 0.29) is 12.2 Å². The Kier molecular flexibility index (Phi) is 6.45. The molecule has 3 rings (SSSR count). The van der Waals surface area contributed by atoms with Gasteiger partial charge in [0.2, 0.25) is 0 Å². The third-order valence-corrected chi connectivity index (χ3v) is 5.93. The molecule has 0 bridgehead atoms. The van der Waals surface area contributed by atoms with Crippen LogP contribution in [0, 0.1) is 23.1 Å². The number of hydrogen-bond donors (Lipinski definition) is 1. The van der Waals surface area contributed by atoms with E-state index < -0.39 is 17.7 Å². The van der Waals surface area contributed by atoms with Crippen LogP contribution in [0.3, 0.4) is 0 Å². The summed E-state index contributed by atoms with van der Waals surface area (Å²) in [5.74, 6) is -0.972. The summed E-state index contributed by atoms with van der Waals surface area (Å²) >= 11 is 1.37. The fraction of sp³-hybridized carbons (Fsp3) is 0.318. The molecule has 0 aliphatic heterocycles. The molecule has 1 aliphatic carbocycles. The van der Waals surface area contributed by atoms with Gasteiger partial charge in [-0.2, -0.15) is 5.26 Å². The number of fused-ring (bicyclic) bond motifs is 1. The molecule has 0 fully saturated rings. The topological polar surface area (TPSA) is 79.2 Å². The Morgan fingerprint density at radius 3 is 2.76 bits per heavy atom. The quantitative estimate of drug-likeness (QED) is 0.437. The molecule has 1 unspecified atom stereocenters. The second kappa shape index (κ2) is 9.01. The number of rotatable bonds is 5. The van der Waals surface area contributed by atoms with Gasteiger partial charge in [-0.15, -0.1) is 11.3 Å². The highest BCUT2D eigenvalue weighted by Gasteiger charge is 2.29. The van der Waals surface area contributed by atoms with Crippen LogP contribution < -0.4 is 5.32 Å². The number of nitriles is 1. The summed E-state index contributed by atoms with van der Waals surface area (Å²) in [5, 5.41) is 12.5. The zero-order valence-corrected chi connectivity index (χ0v) is 17.1. The summed E-state index contributed by atoms with van der Waals surface area (Å²) < 4.78 is 18.3. The molecule has 1 heterocycles. The molecule has 5 nitrogen and oxygen atoms in total. The minimum Gasteiger partial charge on any atom is -0.462 e. The minimum atomic E-state index is -0.617. The molecule has 7 heteroatoms. The number of halogens is 1. The maximum absolute atomic E-state index is 13.1. The molecule has 0 spiro atoms. The summed E-state index contributed by atoms with van der Waals surface area (Å²) in [7, 11) is 0. The van der Waals surface area contributed by atoms with Gasteiger partial charge in [-0.3, -0.25) is 4.79 Å². The number of thiophene rings is 1. The summed E-state index contributed by atoms with van der Waals surface area (Å²) in [4.78, 5) is 26.3. The molecule has 0 radical (unpaired) electrons. The van der Waals surface area contributed by atoms with Crippen LogP contribution in [0.5, 0.6) is 0 Å². The van der Waals surface area contributed by atoms with Crippen LogP contribution in [0.2, 0.25) is 0 Å². The Morgan fingerprint density at radius 1 is 1.38 bits per heavy atom. The molecule has 1 amide bonds. The third kappa shape index (κ3) is 4.72. The van der Waals surface area contributed by atoms with Gasteiger partial charge in [-0.05, 0) is 61.4 Å². The Bertz CT molecular complexity index is 1000.